The Kier molecular flexibility index (Phi) is 10.8. The van der Waals surface area contributed by atoms with Gasteiger partial charge < -0.3 is 16.0 Å². The first-order chi connectivity index (χ1) is 24.3. The SMILES string of the molecule is CC(C)(NC(=O)c1c(Sc2ccccc2NC(=O)c2ccccc2)cccc1Sc1ccccc1NC(=O)c1ccccc1)c1ccccn1. The first-order valence-electron chi connectivity index (χ1n) is 15.9. The zero-order valence-electron chi connectivity index (χ0n) is 27.4. The van der Waals surface area contributed by atoms with Gasteiger partial charge in [0.05, 0.1) is 28.2 Å². The molecule has 0 saturated carbocycles. The van der Waals surface area contributed by atoms with Gasteiger partial charge in [0.2, 0.25) is 0 Å². The van der Waals surface area contributed by atoms with Gasteiger partial charge in [0.25, 0.3) is 17.7 Å². The molecule has 6 rings (SSSR count). The number of amides is 3. The van der Waals surface area contributed by atoms with Gasteiger partial charge in [-0.05, 0) is 86.6 Å². The summed E-state index contributed by atoms with van der Waals surface area (Å²) in [6, 6.07) is 44.4. The Hall–Kier alpha value is -5.64. The number of para-hydroxylation sites is 2. The Morgan fingerprint density at radius 1 is 0.500 bits per heavy atom. The molecule has 0 bridgehead atoms. The second-order valence-corrected chi connectivity index (χ2v) is 13.9. The minimum Gasteiger partial charge on any atom is -0.341 e. The summed E-state index contributed by atoms with van der Waals surface area (Å²) < 4.78 is 0. The summed E-state index contributed by atoms with van der Waals surface area (Å²) >= 11 is 2.78. The van der Waals surface area contributed by atoms with Crippen molar-refractivity contribution in [2.75, 3.05) is 10.6 Å². The highest BCUT2D eigenvalue weighted by Gasteiger charge is 2.28. The van der Waals surface area contributed by atoms with E-state index in [1.165, 1.54) is 23.5 Å². The summed E-state index contributed by atoms with van der Waals surface area (Å²) in [6.07, 6.45) is 1.70. The Morgan fingerprint density at radius 2 is 0.940 bits per heavy atom. The second-order valence-electron chi connectivity index (χ2n) is 11.8. The molecule has 0 spiro atoms. The Morgan fingerprint density at radius 3 is 1.42 bits per heavy atom. The van der Waals surface area contributed by atoms with Gasteiger partial charge in [0, 0.05) is 36.9 Å². The Labute approximate surface area is 300 Å². The maximum absolute atomic E-state index is 14.4. The van der Waals surface area contributed by atoms with Crippen LogP contribution in [0.4, 0.5) is 11.4 Å². The number of hydrogen-bond acceptors (Lipinski definition) is 6. The van der Waals surface area contributed by atoms with Crippen molar-refractivity contribution in [1.82, 2.24) is 10.3 Å². The minimum atomic E-state index is -0.790. The van der Waals surface area contributed by atoms with Crippen LogP contribution in [0.15, 0.2) is 171 Å². The number of carbonyl (C=O) groups is 3. The van der Waals surface area contributed by atoms with E-state index in [2.05, 4.69) is 20.9 Å². The van der Waals surface area contributed by atoms with Gasteiger partial charge in [-0.2, -0.15) is 0 Å². The molecule has 0 atom stereocenters. The maximum atomic E-state index is 14.4. The van der Waals surface area contributed by atoms with Gasteiger partial charge >= 0.3 is 0 Å². The van der Waals surface area contributed by atoms with Crippen LogP contribution in [0, 0.1) is 0 Å². The molecule has 3 amide bonds. The van der Waals surface area contributed by atoms with Crippen molar-refractivity contribution in [3.8, 4) is 0 Å². The molecule has 248 valence electrons. The quantitative estimate of drug-likeness (QED) is 0.125. The van der Waals surface area contributed by atoms with Crippen LogP contribution in [-0.2, 0) is 5.54 Å². The molecule has 1 heterocycles. The molecule has 0 aliphatic carbocycles. The largest absolute Gasteiger partial charge is 0.341 e. The predicted octanol–water partition coefficient (Wildman–Crippen LogP) is 9.55. The van der Waals surface area contributed by atoms with Crippen molar-refractivity contribution in [2.45, 2.75) is 39.0 Å². The molecule has 0 radical (unpaired) electrons. The molecule has 6 aromatic rings. The number of carbonyl (C=O) groups excluding carboxylic acids is 3. The lowest BCUT2D eigenvalue weighted by Gasteiger charge is -2.27. The summed E-state index contributed by atoms with van der Waals surface area (Å²) in [5, 5.41) is 9.28. The third kappa shape index (κ3) is 8.31. The second kappa shape index (κ2) is 15.7. The zero-order chi connectivity index (χ0) is 34.9. The third-order valence-electron chi connectivity index (χ3n) is 7.73. The van der Waals surface area contributed by atoms with Crippen molar-refractivity contribution < 1.29 is 14.4 Å². The molecular formula is C41H34N4O3S2. The predicted molar refractivity (Wildman–Crippen MR) is 201 cm³/mol. The van der Waals surface area contributed by atoms with Crippen LogP contribution in [0.3, 0.4) is 0 Å². The maximum Gasteiger partial charge on any atom is 0.255 e. The number of rotatable bonds is 11. The van der Waals surface area contributed by atoms with Crippen LogP contribution < -0.4 is 16.0 Å². The fourth-order valence-corrected chi connectivity index (χ4v) is 7.36. The van der Waals surface area contributed by atoms with Crippen LogP contribution in [0.25, 0.3) is 0 Å². The molecule has 1 aromatic heterocycles. The summed E-state index contributed by atoms with van der Waals surface area (Å²) in [6.45, 7) is 3.83. The van der Waals surface area contributed by atoms with E-state index in [1.807, 2.05) is 135 Å². The average Bonchev–Trinajstić information content (AvgIpc) is 3.14. The minimum absolute atomic E-state index is 0.229. The molecule has 0 fully saturated rings. The Balaban J connectivity index is 1.36. The van der Waals surface area contributed by atoms with Crippen molar-refractivity contribution in [3.63, 3.8) is 0 Å². The van der Waals surface area contributed by atoms with Crippen LogP contribution in [-0.4, -0.2) is 22.7 Å². The smallest absolute Gasteiger partial charge is 0.255 e. The molecule has 7 nitrogen and oxygen atoms in total. The number of nitrogens with zero attached hydrogens (tertiary/aromatic N) is 1. The van der Waals surface area contributed by atoms with E-state index in [1.54, 1.807) is 30.5 Å². The van der Waals surface area contributed by atoms with Gasteiger partial charge in [0.15, 0.2) is 0 Å². The number of pyridine rings is 1. The molecule has 0 aliphatic heterocycles. The molecular weight excluding hydrogens is 661 g/mol. The number of aromatic nitrogens is 1. The number of anilines is 2. The summed E-state index contributed by atoms with van der Waals surface area (Å²) in [5.41, 5.74) is 2.72. The van der Waals surface area contributed by atoms with Gasteiger partial charge in [-0.25, -0.2) is 0 Å². The van der Waals surface area contributed by atoms with E-state index in [9.17, 15) is 14.4 Å². The van der Waals surface area contributed by atoms with Crippen LogP contribution >= 0.6 is 23.5 Å². The highest BCUT2D eigenvalue weighted by molar-refractivity contribution is 8.00. The average molecular weight is 695 g/mol. The molecule has 0 aliphatic rings. The molecule has 9 heteroatoms. The molecule has 0 saturated heterocycles. The first-order valence-corrected chi connectivity index (χ1v) is 17.6. The molecule has 0 unspecified atom stereocenters. The first kappa shape index (κ1) is 34.2. The summed E-state index contributed by atoms with van der Waals surface area (Å²) in [5.74, 6) is -0.748. The van der Waals surface area contributed by atoms with Gasteiger partial charge in [-0.3, -0.25) is 19.4 Å². The lowest BCUT2D eigenvalue weighted by Crippen LogP contribution is -2.42. The highest BCUT2D eigenvalue weighted by Crippen LogP contribution is 2.42. The van der Waals surface area contributed by atoms with Crippen molar-refractivity contribution in [2.24, 2.45) is 0 Å². The van der Waals surface area contributed by atoms with E-state index in [0.717, 1.165) is 15.5 Å². The lowest BCUT2D eigenvalue weighted by atomic mass is 9.99. The summed E-state index contributed by atoms with van der Waals surface area (Å²) in [7, 11) is 0. The Bertz CT molecular complexity index is 2010. The molecule has 5 aromatic carbocycles. The fourth-order valence-electron chi connectivity index (χ4n) is 5.17. The van der Waals surface area contributed by atoms with E-state index in [0.29, 0.717) is 37.9 Å². The monoisotopic (exact) mass is 694 g/mol. The van der Waals surface area contributed by atoms with Gasteiger partial charge in [0.1, 0.15) is 0 Å². The summed E-state index contributed by atoms with van der Waals surface area (Å²) in [4.78, 5) is 48.1. The van der Waals surface area contributed by atoms with E-state index >= 15 is 0 Å². The number of benzene rings is 5. The van der Waals surface area contributed by atoms with Crippen molar-refractivity contribution >= 4 is 52.6 Å². The standard InChI is InChI=1S/C41H34N4O3S2/c1-41(2,36-26-13-14-27-42-36)45-40(48)37-34(49-32-22-11-9-20-30(32)43-38(46)28-16-5-3-6-17-28)24-15-25-35(37)50-33-23-12-10-21-31(33)44-39(47)29-18-7-4-8-19-29/h3-27H,1-2H3,(H,43,46)(H,44,47)(H,45,48). The van der Waals surface area contributed by atoms with Crippen LogP contribution in [0.1, 0.15) is 50.6 Å². The van der Waals surface area contributed by atoms with Gasteiger partial charge in [-0.1, -0.05) is 96.3 Å². The third-order valence-corrected chi connectivity index (χ3v) is 10.0. The molecule has 3 N–H and O–H groups in total. The number of hydrogen-bond donors (Lipinski definition) is 3. The zero-order valence-corrected chi connectivity index (χ0v) is 29.1. The lowest BCUT2D eigenvalue weighted by molar-refractivity contribution is 0.0903. The van der Waals surface area contributed by atoms with Crippen molar-refractivity contribution in [3.05, 3.63) is 174 Å². The topological polar surface area (TPSA) is 100 Å². The normalized spacial score (nSPS) is 11.0. The van der Waals surface area contributed by atoms with Crippen LogP contribution in [0.5, 0.6) is 0 Å². The number of nitrogens with one attached hydrogen (secondary N) is 3. The van der Waals surface area contributed by atoms with E-state index in [-0.39, 0.29) is 17.7 Å². The highest BCUT2D eigenvalue weighted by atomic mass is 32.2. The van der Waals surface area contributed by atoms with E-state index < -0.39 is 5.54 Å². The van der Waals surface area contributed by atoms with Crippen LogP contribution in [0.2, 0.25) is 0 Å². The molecule has 50 heavy (non-hydrogen) atoms. The van der Waals surface area contributed by atoms with E-state index in [4.69, 9.17) is 0 Å². The van der Waals surface area contributed by atoms with Gasteiger partial charge in [-0.15, -0.1) is 0 Å². The van der Waals surface area contributed by atoms with Crippen molar-refractivity contribution in [1.29, 1.82) is 0 Å². The fraction of sp³-hybridized carbons (Fsp3) is 0.0732.